The number of ether oxygens (including phenoxy) is 2. The number of thiocarbonyl (C=S) groups is 1. The standard InChI is InChI=1S/C22H23ClN2O3S/c1-13-20(14(2)26)21(24-22(29)25(13)3)16-7-10-18(19(11-16)27-4)28-12-15-5-8-17(23)9-6-15/h5-11,21H,12H2,1-4H3,(H,24,29). The molecule has 1 unspecified atom stereocenters. The van der Waals surface area contributed by atoms with Gasteiger partial charge < -0.3 is 19.7 Å². The number of carbonyl (C=O) groups is 1. The lowest BCUT2D eigenvalue weighted by Gasteiger charge is -2.35. The molecule has 5 nitrogen and oxygen atoms in total. The molecule has 1 heterocycles. The summed E-state index contributed by atoms with van der Waals surface area (Å²) in [5.41, 5.74) is 3.40. The maximum atomic E-state index is 12.3. The van der Waals surface area contributed by atoms with Gasteiger partial charge in [-0.05, 0) is 61.5 Å². The van der Waals surface area contributed by atoms with Gasteiger partial charge in [-0.25, -0.2) is 0 Å². The van der Waals surface area contributed by atoms with Crippen LogP contribution >= 0.6 is 23.8 Å². The predicted molar refractivity (Wildman–Crippen MR) is 118 cm³/mol. The Hall–Kier alpha value is -2.57. The zero-order valence-electron chi connectivity index (χ0n) is 16.8. The minimum absolute atomic E-state index is 0.00335. The van der Waals surface area contributed by atoms with Gasteiger partial charge in [0.15, 0.2) is 22.4 Å². The van der Waals surface area contributed by atoms with Crippen LogP contribution in [0.4, 0.5) is 0 Å². The highest BCUT2D eigenvalue weighted by Gasteiger charge is 2.31. The Bertz CT molecular complexity index is 973. The average molecular weight is 431 g/mol. The summed E-state index contributed by atoms with van der Waals surface area (Å²) >= 11 is 11.3. The van der Waals surface area contributed by atoms with Crippen molar-refractivity contribution in [3.63, 3.8) is 0 Å². The zero-order valence-corrected chi connectivity index (χ0v) is 18.4. The molecule has 152 valence electrons. The molecule has 1 aliphatic heterocycles. The third-order valence-corrected chi connectivity index (χ3v) is 5.61. The van der Waals surface area contributed by atoms with E-state index in [1.54, 1.807) is 14.0 Å². The highest BCUT2D eigenvalue weighted by Crippen LogP contribution is 2.36. The van der Waals surface area contributed by atoms with E-state index in [0.29, 0.717) is 33.8 Å². The lowest BCUT2D eigenvalue weighted by atomic mass is 9.92. The van der Waals surface area contributed by atoms with E-state index >= 15 is 0 Å². The minimum atomic E-state index is -0.338. The normalized spacial score (nSPS) is 16.5. The smallest absolute Gasteiger partial charge is 0.173 e. The number of carbonyl (C=O) groups excluding carboxylic acids is 1. The molecule has 0 saturated heterocycles. The van der Waals surface area contributed by atoms with Crippen LogP contribution in [-0.2, 0) is 11.4 Å². The van der Waals surface area contributed by atoms with Crippen molar-refractivity contribution in [2.45, 2.75) is 26.5 Å². The van der Waals surface area contributed by atoms with Crippen LogP contribution in [0.25, 0.3) is 0 Å². The number of nitrogens with zero attached hydrogens (tertiary/aromatic N) is 1. The predicted octanol–water partition coefficient (Wildman–Crippen LogP) is 4.65. The Morgan fingerprint density at radius 2 is 1.90 bits per heavy atom. The average Bonchev–Trinajstić information content (AvgIpc) is 2.70. The second-order valence-corrected chi connectivity index (χ2v) is 7.65. The number of halogens is 1. The van der Waals surface area contributed by atoms with Crippen LogP contribution in [0.2, 0.25) is 5.02 Å². The number of hydrogen-bond donors (Lipinski definition) is 1. The second kappa shape index (κ2) is 8.84. The van der Waals surface area contributed by atoms with Crippen LogP contribution < -0.4 is 14.8 Å². The fraction of sp³-hybridized carbons (Fsp3) is 0.273. The van der Waals surface area contributed by atoms with Crippen LogP contribution in [0.15, 0.2) is 53.7 Å². The molecule has 0 aromatic heterocycles. The number of Topliss-reactive ketones (excluding diaryl/α,β-unsaturated/α-hetero) is 1. The molecule has 0 aliphatic carbocycles. The number of benzene rings is 2. The first-order chi connectivity index (χ1) is 13.8. The monoisotopic (exact) mass is 430 g/mol. The van der Waals surface area contributed by atoms with Gasteiger partial charge in [-0.1, -0.05) is 29.8 Å². The molecule has 3 rings (SSSR count). The molecule has 0 fully saturated rings. The maximum absolute atomic E-state index is 12.3. The lowest BCUT2D eigenvalue weighted by Crippen LogP contribution is -2.45. The van der Waals surface area contributed by atoms with E-state index in [9.17, 15) is 4.79 Å². The summed E-state index contributed by atoms with van der Waals surface area (Å²) in [6.07, 6.45) is 0. The molecular formula is C22H23ClN2O3S. The van der Waals surface area contributed by atoms with E-state index in [4.69, 9.17) is 33.3 Å². The number of rotatable bonds is 6. The summed E-state index contributed by atoms with van der Waals surface area (Å²) in [5.74, 6) is 1.20. The van der Waals surface area contributed by atoms with Gasteiger partial charge in [-0.15, -0.1) is 0 Å². The Morgan fingerprint density at radius 1 is 1.21 bits per heavy atom. The molecule has 0 amide bonds. The van der Waals surface area contributed by atoms with E-state index in [2.05, 4.69) is 5.32 Å². The highest BCUT2D eigenvalue weighted by atomic mass is 35.5. The molecule has 1 aliphatic rings. The summed E-state index contributed by atoms with van der Waals surface area (Å²) in [4.78, 5) is 14.1. The van der Waals surface area contributed by atoms with Gasteiger partial charge in [0, 0.05) is 23.3 Å². The van der Waals surface area contributed by atoms with Gasteiger partial charge in [0.1, 0.15) is 6.61 Å². The Morgan fingerprint density at radius 3 is 2.52 bits per heavy atom. The fourth-order valence-electron chi connectivity index (χ4n) is 3.27. The largest absolute Gasteiger partial charge is 0.493 e. The molecule has 1 N–H and O–H groups in total. The number of allylic oxidation sites excluding steroid dienone is 1. The quantitative estimate of drug-likeness (QED) is 0.673. The van der Waals surface area contributed by atoms with Gasteiger partial charge >= 0.3 is 0 Å². The number of ketones is 1. The van der Waals surface area contributed by atoms with Crippen molar-refractivity contribution < 1.29 is 14.3 Å². The van der Waals surface area contributed by atoms with Gasteiger partial charge in [0.05, 0.1) is 13.2 Å². The Balaban J connectivity index is 1.88. The molecule has 29 heavy (non-hydrogen) atoms. The first-order valence-corrected chi connectivity index (χ1v) is 9.91. The van der Waals surface area contributed by atoms with Gasteiger partial charge in [-0.2, -0.15) is 0 Å². The summed E-state index contributed by atoms with van der Waals surface area (Å²) in [7, 11) is 3.44. The SMILES string of the molecule is COc1cc(C2NC(=S)N(C)C(C)=C2C(C)=O)ccc1OCc1ccc(Cl)cc1. The molecule has 7 heteroatoms. The summed E-state index contributed by atoms with van der Waals surface area (Å²) < 4.78 is 11.5. The van der Waals surface area contributed by atoms with E-state index in [1.165, 1.54) is 0 Å². The van der Waals surface area contributed by atoms with Crippen molar-refractivity contribution in [1.29, 1.82) is 0 Å². The Kier molecular flexibility index (Phi) is 6.45. The van der Waals surface area contributed by atoms with Gasteiger partial charge in [-0.3, -0.25) is 4.79 Å². The van der Waals surface area contributed by atoms with Crippen LogP contribution in [0.5, 0.6) is 11.5 Å². The summed E-state index contributed by atoms with van der Waals surface area (Å²) in [6, 6.07) is 12.8. The van der Waals surface area contributed by atoms with Crippen molar-refractivity contribution in [3.05, 3.63) is 69.9 Å². The molecule has 0 radical (unpaired) electrons. The molecule has 0 bridgehead atoms. The van der Waals surface area contributed by atoms with E-state index in [1.807, 2.05) is 61.3 Å². The van der Waals surface area contributed by atoms with Crippen LogP contribution in [0.1, 0.15) is 31.0 Å². The summed E-state index contributed by atoms with van der Waals surface area (Å²) in [6.45, 7) is 3.86. The number of methoxy groups -OCH3 is 1. The van der Waals surface area contributed by atoms with Gasteiger partial charge in [0.25, 0.3) is 0 Å². The fourth-order valence-corrected chi connectivity index (χ4v) is 3.65. The minimum Gasteiger partial charge on any atom is -0.493 e. The van der Waals surface area contributed by atoms with Crippen molar-refractivity contribution in [2.24, 2.45) is 0 Å². The molecule has 0 saturated carbocycles. The molecule has 2 aromatic rings. The topological polar surface area (TPSA) is 50.8 Å². The zero-order chi connectivity index (χ0) is 21.1. The van der Waals surface area contributed by atoms with Crippen molar-refractivity contribution in [1.82, 2.24) is 10.2 Å². The third-order valence-electron chi connectivity index (χ3n) is 4.96. The molecule has 1 atom stereocenters. The second-order valence-electron chi connectivity index (χ2n) is 6.82. The Labute approximate surface area is 181 Å². The van der Waals surface area contributed by atoms with Crippen molar-refractivity contribution in [2.75, 3.05) is 14.2 Å². The first kappa shape index (κ1) is 21.1. The van der Waals surface area contributed by atoms with Gasteiger partial charge in [0.2, 0.25) is 0 Å². The van der Waals surface area contributed by atoms with E-state index in [0.717, 1.165) is 16.8 Å². The highest BCUT2D eigenvalue weighted by molar-refractivity contribution is 7.80. The van der Waals surface area contributed by atoms with Crippen LogP contribution in [0.3, 0.4) is 0 Å². The third kappa shape index (κ3) is 4.54. The number of hydrogen-bond acceptors (Lipinski definition) is 4. The first-order valence-electron chi connectivity index (χ1n) is 9.13. The van der Waals surface area contributed by atoms with Crippen LogP contribution in [-0.4, -0.2) is 30.0 Å². The molecule has 0 spiro atoms. The molecular weight excluding hydrogens is 408 g/mol. The molecule has 2 aromatic carbocycles. The van der Waals surface area contributed by atoms with Crippen molar-refractivity contribution in [3.8, 4) is 11.5 Å². The van der Waals surface area contributed by atoms with Crippen LogP contribution in [0, 0.1) is 0 Å². The maximum Gasteiger partial charge on any atom is 0.173 e. The van der Waals surface area contributed by atoms with Crippen molar-refractivity contribution >= 4 is 34.7 Å². The number of nitrogens with one attached hydrogen (secondary N) is 1. The van der Waals surface area contributed by atoms with E-state index < -0.39 is 0 Å². The lowest BCUT2D eigenvalue weighted by molar-refractivity contribution is -0.114. The summed E-state index contributed by atoms with van der Waals surface area (Å²) in [5, 5.41) is 4.50. The van der Waals surface area contributed by atoms with E-state index in [-0.39, 0.29) is 11.8 Å².